The number of imidazole rings is 1. The standard InChI is InChI=1S/C16H14F2N4O2/c1-21(9-13-19-6-7-22(13)16(17)18)15(24)14-10-4-2-3-5-11(10)20-8-12(14)23/h2-8,16,23H,9H2,1H3. The molecule has 0 atom stereocenters. The fourth-order valence-corrected chi connectivity index (χ4v) is 2.47. The summed E-state index contributed by atoms with van der Waals surface area (Å²) in [5.74, 6) is -0.712. The smallest absolute Gasteiger partial charge is 0.319 e. The summed E-state index contributed by atoms with van der Waals surface area (Å²) < 4.78 is 26.4. The summed E-state index contributed by atoms with van der Waals surface area (Å²) in [6.45, 7) is -2.85. The molecule has 2 heterocycles. The molecule has 0 aliphatic heterocycles. The van der Waals surface area contributed by atoms with Gasteiger partial charge in [-0.15, -0.1) is 0 Å². The van der Waals surface area contributed by atoms with Gasteiger partial charge < -0.3 is 10.0 Å². The lowest BCUT2D eigenvalue weighted by atomic mass is 10.1. The number of aromatic hydroxyl groups is 1. The van der Waals surface area contributed by atoms with Crippen LogP contribution >= 0.6 is 0 Å². The molecule has 2 aromatic heterocycles. The highest BCUT2D eigenvalue weighted by atomic mass is 19.3. The number of nitrogens with zero attached hydrogens (tertiary/aromatic N) is 4. The van der Waals surface area contributed by atoms with Crippen LogP contribution in [0.1, 0.15) is 22.7 Å². The Morgan fingerprint density at radius 3 is 2.83 bits per heavy atom. The molecular formula is C16H14F2N4O2. The summed E-state index contributed by atoms with van der Waals surface area (Å²) in [6.07, 6.45) is 3.60. The summed E-state index contributed by atoms with van der Waals surface area (Å²) >= 11 is 0. The van der Waals surface area contributed by atoms with Crippen LogP contribution in [0.4, 0.5) is 8.78 Å². The number of benzene rings is 1. The number of aromatic nitrogens is 3. The van der Waals surface area contributed by atoms with E-state index in [1.807, 2.05) is 0 Å². The van der Waals surface area contributed by atoms with Gasteiger partial charge in [0.25, 0.3) is 5.91 Å². The second-order valence-electron chi connectivity index (χ2n) is 5.23. The first kappa shape index (κ1) is 15.9. The highest BCUT2D eigenvalue weighted by Gasteiger charge is 2.22. The average molecular weight is 332 g/mol. The number of hydrogen-bond acceptors (Lipinski definition) is 4. The molecule has 0 bridgehead atoms. The molecule has 6 nitrogen and oxygen atoms in total. The Morgan fingerprint density at radius 1 is 1.33 bits per heavy atom. The van der Waals surface area contributed by atoms with E-state index in [0.717, 1.165) is 6.20 Å². The van der Waals surface area contributed by atoms with E-state index in [-0.39, 0.29) is 23.7 Å². The lowest BCUT2D eigenvalue weighted by molar-refractivity contribution is 0.0612. The lowest BCUT2D eigenvalue weighted by Gasteiger charge is -2.19. The molecule has 0 fully saturated rings. The van der Waals surface area contributed by atoms with Crippen molar-refractivity contribution in [3.8, 4) is 5.75 Å². The number of hydrogen-bond donors (Lipinski definition) is 1. The third-order valence-electron chi connectivity index (χ3n) is 3.65. The summed E-state index contributed by atoms with van der Waals surface area (Å²) in [5.41, 5.74) is 0.638. The molecule has 0 unspecified atom stereocenters. The largest absolute Gasteiger partial charge is 0.505 e. The summed E-state index contributed by atoms with van der Waals surface area (Å²) in [6, 6.07) is 6.88. The molecule has 0 radical (unpaired) electrons. The third-order valence-corrected chi connectivity index (χ3v) is 3.65. The molecule has 3 rings (SSSR count). The number of rotatable bonds is 4. The second kappa shape index (κ2) is 6.23. The zero-order valence-corrected chi connectivity index (χ0v) is 12.7. The van der Waals surface area contributed by atoms with Gasteiger partial charge in [-0.25, -0.2) is 4.98 Å². The van der Waals surface area contributed by atoms with Gasteiger partial charge in [-0.2, -0.15) is 8.78 Å². The summed E-state index contributed by atoms with van der Waals surface area (Å²) in [7, 11) is 1.46. The van der Waals surface area contributed by atoms with Crippen LogP contribution in [0.25, 0.3) is 10.9 Å². The van der Waals surface area contributed by atoms with E-state index in [9.17, 15) is 18.7 Å². The van der Waals surface area contributed by atoms with Gasteiger partial charge in [-0.3, -0.25) is 14.3 Å². The highest BCUT2D eigenvalue weighted by Crippen LogP contribution is 2.26. The quantitative estimate of drug-likeness (QED) is 0.797. The van der Waals surface area contributed by atoms with Gasteiger partial charge in [0.2, 0.25) is 0 Å². The Labute approximate surface area is 136 Å². The molecule has 1 aromatic carbocycles. The zero-order valence-electron chi connectivity index (χ0n) is 12.7. The van der Waals surface area contributed by atoms with Crippen molar-refractivity contribution in [1.82, 2.24) is 19.4 Å². The van der Waals surface area contributed by atoms with Crippen molar-refractivity contribution in [3.63, 3.8) is 0 Å². The lowest BCUT2D eigenvalue weighted by Crippen LogP contribution is -2.28. The third kappa shape index (κ3) is 2.78. The predicted octanol–water partition coefficient (Wildman–Crippen LogP) is 2.80. The molecule has 0 saturated carbocycles. The fourth-order valence-electron chi connectivity index (χ4n) is 2.47. The highest BCUT2D eigenvalue weighted by molar-refractivity contribution is 6.08. The maximum Gasteiger partial charge on any atom is 0.319 e. The Hall–Kier alpha value is -3.03. The van der Waals surface area contributed by atoms with Crippen LogP contribution in [0, 0.1) is 0 Å². The van der Waals surface area contributed by atoms with Gasteiger partial charge in [0, 0.05) is 24.8 Å². The topological polar surface area (TPSA) is 71.2 Å². The van der Waals surface area contributed by atoms with Gasteiger partial charge in [0.15, 0.2) is 0 Å². The van der Waals surface area contributed by atoms with E-state index in [0.29, 0.717) is 15.5 Å². The molecule has 0 spiro atoms. The molecule has 8 heteroatoms. The van der Waals surface area contributed by atoms with Gasteiger partial charge in [0.05, 0.1) is 23.8 Å². The predicted molar refractivity (Wildman–Crippen MR) is 82.7 cm³/mol. The SMILES string of the molecule is CN(Cc1nccn1C(F)F)C(=O)c1c(O)cnc2ccccc12. The van der Waals surface area contributed by atoms with E-state index < -0.39 is 12.5 Å². The van der Waals surface area contributed by atoms with E-state index >= 15 is 0 Å². The average Bonchev–Trinajstić information content (AvgIpc) is 3.02. The molecular weight excluding hydrogens is 318 g/mol. The van der Waals surface area contributed by atoms with Crippen molar-refractivity contribution in [3.05, 3.63) is 54.2 Å². The maximum absolute atomic E-state index is 12.9. The van der Waals surface area contributed by atoms with Crippen LogP contribution in [0.5, 0.6) is 5.75 Å². The Kier molecular flexibility index (Phi) is 4.11. The number of para-hydroxylation sites is 1. The van der Waals surface area contributed by atoms with Crippen molar-refractivity contribution in [2.45, 2.75) is 13.1 Å². The number of alkyl halides is 2. The van der Waals surface area contributed by atoms with Crippen LogP contribution in [0.2, 0.25) is 0 Å². The minimum Gasteiger partial charge on any atom is -0.505 e. The van der Waals surface area contributed by atoms with Crippen LogP contribution in [-0.2, 0) is 6.54 Å². The summed E-state index contributed by atoms with van der Waals surface area (Å²) in [4.78, 5) is 21.8. The number of carbonyl (C=O) groups excluding carboxylic acids is 1. The number of halogens is 2. The molecule has 0 aliphatic carbocycles. The Bertz CT molecular complexity index is 895. The van der Waals surface area contributed by atoms with Crippen LogP contribution in [0.3, 0.4) is 0 Å². The second-order valence-corrected chi connectivity index (χ2v) is 5.23. The monoisotopic (exact) mass is 332 g/mol. The molecule has 124 valence electrons. The fraction of sp³-hybridized carbons (Fsp3) is 0.188. The summed E-state index contributed by atoms with van der Waals surface area (Å²) in [5, 5.41) is 10.5. The van der Waals surface area contributed by atoms with Crippen LogP contribution in [-0.4, -0.2) is 37.5 Å². The van der Waals surface area contributed by atoms with Crippen molar-refractivity contribution >= 4 is 16.8 Å². The first-order valence-electron chi connectivity index (χ1n) is 7.11. The number of amides is 1. The molecule has 0 aliphatic rings. The normalized spacial score (nSPS) is 11.2. The minimum absolute atomic E-state index is 0.0544. The van der Waals surface area contributed by atoms with E-state index in [1.165, 1.54) is 24.3 Å². The van der Waals surface area contributed by atoms with Crippen LogP contribution in [0.15, 0.2) is 42.9 Å². The van der Waals surface area contributed by atoms with Gasteiger partial charge in [0.1, 0.15) is 11.6 Å². The number of pyridine rings is 1. The van der Waals surface area contributed by atoms with Crippen molar-refractivity contribution < 1.29 is 18.7 Å². The zero-order chi connectivity index (χ0) is 17.3. The molecule has 1 N–H and O–H groups in total. The van der Waals surface area contributed by atoms with Gasteiger partial charge in [-0.1, -0.05) is 18.2 Å². The van der Waals surface area contributed by atoms with E-state index in [4.69, 9.17) is 0 Å². The Balaban J connectivity index is 1.94. The van der Waals surface area contributed by atoms with Crippen molar-refractivity contribution in [1.29, 1.82) is 0 Å². The Morgan fingerprint density at radius 2 is 2.08 bits per heavy atom. The molecule has 1 amide bonds. The molecule has 0 saturated heterocycles. The van der Waals surface area contributed by atoms with E-state index in [1.54, 1.807) is 24.3 Å². The van der Waals surface area contributed by atoms with Crippen LogP contribution < -0.4 is 0 Å². The van der Waals surface area contributed by atoms with E-state index in [2.05, 4.69) is 9.97 Å². The molecule has 3 aromatic rings. The number of fused-ring (bicyclic) bond motifs is 1. The first-order valence-corrected chi connectivity index (χ1v) is 7.11. The van der Waals surface area contributed by atoms with Gasteiger partial charge in [-0.05, 0) is 6.07 Å². The number of carbonyl (C=O) groups is 1. The van der Waals surface area contributed by atoms with Crippen molar-refractivity contribution in [2.75, 3.05) is 7.05 Å². The molecule has 24 heavy (non-hydrogen) atoms. The van der Waals surface area contributed by atoms with Crippen molar-refractivity contribution in [2.24, 2.45) is 0 Å². The first-order chi connectivity index (χ1) is 11.5. The van der Waals surface area contributed by atoms with Gasteiger partial charge >= 0.3 is 6.55 Å². The maximum atomic E-state index is 12.9. The minimum atomic E-state index is -2.74.